The summed E-state index contributed by atoms with van der Waals surface area (Å²) >= 11 is 5.42. The fraction of sp³-hybridized carbons (Fsp3) is 0.600. The second kappa shape index (κ2) is 7.55. The fourth-order valence-electron chi connectivity index (χ4n) is 4.59. The standard InChI is InChI=1S/C20H25BrN2O2S/c21-17-8-4-3-7-16(17)19(25)22-11-9-20(10-12-22)23(13-14-26-20)18(24)15-5-1-2-6-15/h3-4,7-8,15H,1-2,5-6,9-14H2. The summed E-state index contributed by atoms with van der Waals surface area (Å²) in [7, 11) is 0. The molecular weight excluding hydrogens is 412 g/mol. The highest BCUT2D eigenvalue weighted by molar-refractivity contribution is 9.10. The molecule has 0 N–H and O–H groups in total. The maximum atomic E-state index is 13.0. The van der Waals surface area contributed by atoms with E-state index in [1.165, 1.54) is 12.8 Å². The molecule has 1 spiro atoms. The zero-order valence-electron chi connectivity index (χ0n) is 15.0. The first-order valence-electron chi connectivity index (χ1n) is 9.60. The summed E-state index contributed by atoms with van der Waals surface area (Å²) in [5, 5.41) is 0. The van der Waals surface area contributed by atoms with Crippen molar-refractivity contribution in [2.24, 2.45) is 5.92 Å². The lowest BCUT2D eigenvalue weighted by Gasteiger charge is -2.44. The van der Waals surface area contributed by atoms with Crippen LogP contribution in [0.15, 0.2) is 28.7 Å². The van der Waals surface area contributed by atoms with E-state index in [0.717, 1.165) is 61.1 Å². The molecule has 4 nitrogen and oxygen atoms in total. The summed E-state index contributed by atoms with van der Waals surface area (Å²) in [6.45, 7) is 2.32. The highest BCUT2D eigenvalue weighted by Crippen LogP contribution is 2.45. The van der Waals surface area contributed by atoms with Crippen LogP contribution in [0.4, 0.5) is 0 Å². The molecule has 0 unspecified atom stereocenters. The Balaban J connectivity index is 1.44. The number of likely N-dealkylation sites (tertiary alicyclic amines) is 1. The molecule has 26 heavy (non-hydrogen) atoms. The van der Waals surface area contributed by atoms with Crippen LogP contribution >= 0.6 is 27.7 Å². The molecule has 3 fully saturated rings. The number of amides is 2. The van der Waals surface area contributed by atoms with E-state index in [2.05, 4.69) is 20.8 Å². The summed E-state index contributed by atoms with van der Waals surface area (Å²) in [5.41, 5.74) is 0.724. The highest BCUT2D eigenvalue weighted by Gasteiger charge is 2.48. The van der Waals surface area contributed by atoms with Crippen molar-refractivity contribution in [3.05, 3.63) is 34.3 Å². The number of piperidine rings is 1. The summed E-state index contributed by atoms with van der Waals surface area (Å²) in [6, 6.07) is 7.61. The maximum Gasteiger partial charge on any atom is 0.255 e. The van der Waals surface area contributed by atoms with Gasteiger partial charge in [-0.3, -0.25) is 9.59 Å². The predicted molar refractivity (Wildman–Crippen MR) is 108 cm³/mol. The molecule has 3 aliphatic rings. The molecule has 1 saturated carbocycles. The Labute approximate surface area is 167 Å². The van der Waals surface area contributed by atoms with E-state index in [0.29, 0.717) is 5.91 Å². The predicted octanol–water partition coefficient (Wildman–Crippen LogP) is 4.15. The first-order chi connectivity index (χ1) is 12.6. The first kappa shape index (κ1) is 18.4. The van der Waals surface area contributed by atoms with Gasteiger partial charge in [0.25, 0.3) is 5.91 Å². The van der Waals surface area contributed by atoms with Crippen molar-refractivity contribution in [2.75, 3.05) is 25.4 Å². The highest BCUT2D eigenvalue weighted by atomic mass is 79.9. The Morgan fingerprint density at radius 1 is 1.08 bits per heavy atom. The average molecular weight is 437 g/mol. The van der Waals surface area contributed by atoms with Gasteiger partial charge in [0.1, 0.15) is 0 Å². The van der Waals surface area contributed by atoms with E-state index in [4.69, 9.17) is 0 Å². The van der Waals surface area contributed by atoms with Gasteiger partial charge < -0.3 is 9.80 Å². The minimum atomic E-state index is -0.0790. The number of hydrogen-bond acceptors (Lipinski definition) is 3. The van der Waals surface area contributed by atoms with E-state index >= 15 is 0 Å². The molecule has 140 valence electrons. The number of halogens is 1. The number of benzene rings is 1. The van der Waals surface area contributed by atoms with Gasteiger partial charge >= 0.3 is 0 Å². The Bertz CT molecular complexity index is 697. The maximum absolute atomic E-state index is 13.0. The number of thioether (sulfide) groups is 1. The van der Waals surface area contributed by atoms with Crippen molar-refractivity contribution in [2.45, 2.75) is 43.4 Å². The van der Waals surface area contributed by atoms with Crippen molar-refractivity contribution in [3.8, 4) is 0 Å². The minimum Gasteiger partial charge on any atom is -0.338 e. The topological polar surface area (TPSA) is 40.6 Å². The van der Waals surface area contributed by atoms with Crippen molar-refractivity contribution in [3.63, 3.8) is 0 Å². The van der Waals surface area contributed by atoms with Crippen LogP contribution in [-0.4, -0.2) is 51.9 Å². The van der Waals surface area contributed by atoms with Crippen LogP contribution in [0, 0.1) is 5.92 Å². The Morgan fingerprint density at radius 3 is 2.46 bits per heavy atom. The number of carbonyl (C=O) groups is 2. The van der Waals surface area contributed by atoms with Gasteiger partial charge in [-0.1, -0.05) is 25.0 Å². The Hall–Kier alpha value is -1.01. The summed E-state index contributed by atoms with van der Waals surface area (Å²) < 4.78 is 0.846. The third-order valence-corrected chi connectivity index (χ3v) is 8.33. The lowest BCUT2D eigenvalue weighted by molar-refractivity contribution is -0.138. The fourth-order valence-corrected chi connectivity index (χ4v) is 6.51. The van der Waals surface area contributed by atoms with Gasteiger partial charge in [-0.25, -0.2) is 0 Å². The van der Waals surface area contributed by atoms with Crippen LogP contribution in [0.3, 0.4) is 0 Å². The van der Waals surface area contributed by atoms with Crippen molar-refractivity contribution >= 4 is 39.5 Å². The third-order valence-electron chi connectivity index (χ3n) is 6.08. The van der Waals surface area contributed by atoms with Gasteiger partial charge in [0.15, 0.2) is 0 Å². The van der Waals surface area contributed by atoms with Crippen LogP contribution in [-0.2, 0) is 4.79 Å². The molecule has 1 aliphatic carbocycles. The molecule has 1 aromatic rings. The van der Waals surface area contributed by atoms with Gasteiger partial charge in [0, 0.05) is 35.8 Å². The van der Waals surface area contributed by atoms with Gasteiger partial charge in [-0.2, -0.15) is 0 Å². The molecule has 4 rings (SSSR count). The van der Waals surface area contributed by atoms with Crippen LogP contribution in [0.1, 0.15) is 48.9 Å². The molecule has 2 aliphatic heterocycles. The molecule has 0 bridgehead atoms. The second-order valence-electron chi connectivity index (χ2n) is 7.54. The minimum absolute atomic E-state index is 0.0790. The van der Waals surface area contributed by atoms with Crippen LogP contribution in [0.25, 0.3) is 0 Å². The normalized spacial score (nSPS) is 23.0. The molecule has 2 saturated heterocycles. The zero-order chi connectivity index (χ0) is 18.1. The Morgan fingerprint density at radius 2 is 1.77 bits per heavy atom. The van der Waals surface area contributed by atoms with Crippen molar-refractivity contribution in [1.82, 2.24) is 9.80 Å². The van der Waals surface area contributed by atoms with E-state index < -0.39 is 0 Å². The second-order valence-corrected chi connectivity index (χ2v) is 9.85. The van der Waals surface area contributed by atoms with Gasteiger partial charge in [-0.15, -0.1) is 11.8 Å². The lowest BCUT2D eigenvalue weighted by Crippen LogP contribution is -2.54. The number of rotatable bonds is 2. The SMILES string of the molecule is O=C(c1ccccc1Br)N1CCC2(CC1)SCCN2C(=O)C1CCCC1. The summed E-state index contributed by atoms with van der Waals surface area (Å²) in [4.78, 5) is 29.9. The monoisotopic (exact) mass is 436 g/mol. The average Bonchev–Trinajstić information content (AvgIpc) is 3.32. The largest absolute Gasteiger partial charge is 0.338 e. The van der Waals surface area contributed by atoms with Crippen LogP contribution in [0.2, 0.25) is 0 Å². The van der Waals surface area contributed by atoms with Crippen molar-refractivity contribution in [1.29, 1.82) is 0 Å². The molecule has 2 amide bonds. The molecule has 0 radical (unpaired) electrons. The number of hydrogen-bond donors (Lipinski definition) is 0. The summed E-state index contributed by atoms with van der Waals surface area (Å²) in [6.07, 6.45) is 6.27. The quantitative estimate of drug-likeness (QED) is 0.698. The van der Waals surface area contributed by atoms with Gasteiger partial charge in [-0.05, 0) is 53.7 Å². The smallest absolute Gasteiger partial charge is 0.255 e. The van der Waals surface area contributed by atoms with Gasteiger partial charge in [0.05, 0.1) is 10.4 Å². The third kappa shape index (κ3) is 3.31. The van der Waals surface area contributed by atoms with Crippen LogP contribution in [0.5, 0.6) is 0 Å². The molecule has 2 heterocycles. The molecule has 6 heteroatoms. The number of carbonyl (C=O) groups excluding carboxylic acids is 2. The van der Waals surface area contributed by atoms with Crippen molar-refractivity contribution < 1.29 is 9.59 Å². The number of nitrogens with zero attached hydrogens (tertiary/aromatic N) is 2. The van der Waals surface area contributed by atoms with Crippen LogP contribution < -0.4 is 0 Å². The zero-order valence-corrected chi connectivity index (χ0v) is 17.4. The Kier molecular flexibility index (Phi) is 5.33. The molecule has 1 aromatic carbocycles. The van der Waals surface area contributed by atoms with E-state index in [1.54, 1.807) is 0 Å². The van der Waals surface area contributed by atoms with E-state index in [1.807, 2.05) is 40.9 Å². The van der Waals surface area contributed by atoms with E-state index in [9.17, 15) is 9.59 Å². The van der Waals surface area contributed by atoms with Gasteiger partial charge in [0.2, 0.25) is 5.91 Å². The molecule has 0 aromatic heterocycles. The lowest BCUT2D eigenvalue weighted by atomic mass is 9.98. The molecule has 0 atom stereocenters. The summed E-state index contributed by atoms with van der Waals surface area (Å²) in [5.74, 6) is 1.73. The molecular formula is C20H25BrN2O2S. The first-order valence-corrected chi connectivity index (χ1v) is 11.4. The van der Waals surface area contributed by atoms with E-state index in [-0.39, 0.29) is 16.7 Å².